The van der Waals surface area contributed by atoms with Crippen molar-refractivity contribution in [2.45, 2.75) is 142 Å². The summed E-state index contributed by atoms with van der Waals surface area (Å²) in [6.45, 7) is 16.4. The van der Waals surface area contributed by atoms with Crippen molar-refractivity contribution in [3.63, 3.8) is 0 Å². The fourth-order valence-corrected chi connectivity index (χ4v) is 8.47. The zero-order chi connectivity index (χ0) is 43.6. The smallest absolute Gasteiger partial charge is 0.258 e. The van der Waals surface area contributed by atoms with Gasteiger partial charge in [-0.25, -0.2) is 4.39 Å². The minimum Gasteiger partial charge on any atom is -0.347 e. The third-order valence-electron chi connectivity index (χ3n) is 10.6. The van der Waals surface area contributed by atoms with E-state index < -0.39 is 11.6 Å². The Kier molecular flexibility index (Phi) is 16.2. The lowest BCUT2D eigenvalue weighted by molar-refractivity contribution is -0.300. The number of benzene rings is 3. The van der Waals surface area contributed by atoms with Crippen LogP contribution in [-0.4, -0.2) is 71.6 Å². The number of hydrogen-bond acceptors (Lipinski definition) is 8. The molecule has 60 heavy (non-hydrogen) atoms. The van der Waals surface area contributed by atoms with E-state index in [1.54, 1.807) is 26.0 Å². The largest absolute Gasteiger partial charge is 0.347 e. The molecule has 11 heteroatoms. The van der Waals surface area contributed by atoms with Crippen LogP contribution in [-0.2, 0) is 35.1 Å². The van der Waals surface area contributed by atoms with Gasteiger partial charge in [0.2, 0.25) is 0 Å². The highest BCUT2D eigenvalue weighted by molar-refractivity contribution is 6.12. The van der Waals surface area contributed by atoms with Crippen molar-refractivity contribution in [1.29, 1.82) is 0 Å². The second-order valence-corrected chi connectivity index (χ2v) is 17.2. The van der Waals surface area contributed by atoms with Crippen molar-refractivity contribution < 1.29 is 37.7 Å². The molecule has 10 nitrogen and oxygen atoms in total. The van der Waals surface area contributed by atoms with E-state index in [0.717, 1.165) is 47.5 Å². The molecule has 0 aliphatic carbocycles. The predicted molar refractivity (Wildman–Crippen MR) is 234 cm³/mol. The molecule has 4 aromatic rings. The lowest BCUT2D eigenvalue weighted by Gasteiger charge is -2.41. The van der Waals surface area contributed by atoms with Crippen LogP contribution in [0.15, 0.2) is 84.9 Å². The first kappa shape index (κ1) is 46.5. The molecule has 0 radical (unpaired) electrons. The highest BCUT2D eigenvalue weighted by Crippen LogP contribution is 2.43. The maximum atomic E-state index is 14.3. The molecule has 3 aromatic carbocycles. The summed E-state index contributed by atoms with van der Waals surface area (Å²) in [5.41, 5.74) is 5.56. The van der Waals surface area contributed by atoms with Crippen LogP contribution in [0.4, 0.5) is 10.1 Å². The monoisotopic (exact) mass is 825 g/mol. The van der Waals surface area contributed by atoms with Gasteiger partial charge >= 0.3 is 0 Å². The molecule has 2 fully saturated rings. The molecule has 2 aliphatic rings. The average molecular weight is 826 g/mol. The Morgan fingerprint density at radius 2 is 1.22 bits per heavy atom. The third kappa shape index (κ3) is 13.0. The summed E-state index contributed by atoms with van der Waals surface area (Å²) in [5.74, 6) is -1.68. The van der Waals surface area contributed by atoms with Gasteiger partial charge in [-0.05, 0) is 121 Å². The molecular formula is C49H64FN3O7. The van der Waals surface area contributed by atoms with E-state index in [0.29, 0.717) is 43.5 Å². The quantitative estimate of drug-likeness (QED) is 0.122. The second kappa shape index (κ2) is 20.8. The number of rotatable bonds is 15. The van der Waals surface area contributed by atoms with Gasteiger partial charge in [-0.2, -0.15) is 0 Å². The van der Waals surface area contributed by atoms with Gasteiger partial charge in [-0.3, -0.25) is 14.4 Å². The topological polar surface area (TPSA) is 117 Å². The van der Waals surface area contributed by atoms with Gasteiger partial charge in [0, 0.05) is 49.2 Å². The first-order valence-corrected chi connectivity index (χ1v) is 21.2. The van der Waals surface area contributed by atoms with E-state index in [2.05, 4.69) is 29.0 Å². The molecule has 3 heterocycles. The number of amides is 1. The predicted octanol–water partition coefficient (Wildman–Crippen LogP) is 10.1. The fourth-order valence-electron chi connectivity index (χ4n) is 8.47. The average Bonchev–Trinajstić information content (AvgIpc) is 3.51. The lowest BCUT2D eigenvalue weighted by atomic mass is 9.94. The molecule has 0 spiro atoms. The number of halogens is 1. The van der Waals surface area contributed by atoms with Gasteiger partial charge in [-0.1, -0.05) is 62.4 Å². The highest BCUT2D eigenvalue weighted by atomic mass is 19.1. The third-order valence-corrected chi connectivity index (χ3v) is 10.6. The molecule has 0 bridgehead atoms. The summed E-state index contributed by atoms with van der Waals surface area (Å²) in [6.07, 6.45) is 3.63. The van der Waals surface area contributed by atoms with Gasteiger partial charge in [-0.15, -0.1) is 0 Å². The summed E-state index contributed by atoms with van der Waals surface area (Å²) < 4.78 is 40.3. The molecule has 0 unspecified atom stereocenters. The molecule has 1 amide bonds. The van der Waals surface area contributed by atoms with Crippen molar-refractivity contribution >= 4 is 23.2 Å². The number of Topliss-reactive ketones (excluding diaryl/α,β-unsaturated/α-hetero) is 2. The van der Waals surface area contributed by atoms with Crippen LogP contribution >= 0.6 is 0 Å². The second-order valence-electron chi connectivity index (χ2n) is 17.2. The summed E-state index contributed by atoms with van der Waals surface area (Å²) in [6, 6.07) is 25.8. The van der Waals surface area contributed by atoms with Crippen LogP contribution in [0, 0.1) is 5.82 Å². The minimum atomic E-state index is -0.823. The van der Waals surface area contributed by atoms with Crippen LogP contribution in [0.2, 0.25) is 0 Å². The molecule has 324 valence electrons. The van der Waals surface area contributed by atoms with E-state index >= 15 is 0 Å². The van der Waals surface area contributed by atoms with Crippen molar-refractivity contribution in [2.75, 3.05) is 18.9 Å². The molecule has 1 aromatic heterocycles. The van der Waals surface area contributed by atoms with Crippen molar-refractivity contribution in [3.8, 4) is 22.4 Å². The van der Waals surface area contributed by atoms with Crippen LogP contribution in [0.25, 0.3) is 22.4 Å². The van der Waals surface area contributed by atoms with E-state index in [1.165, 1.54) is 12.1 Å². The molecule has 6 rings (SSSR count). The van der Waals surface area contributed by atoms with Crippen molar-refractivity contribution in [2.24, 2.45) is 0 Å². The number of para-hydroxylation sites is 1. The van der Waals surface area contributed by atoms with E-state index in [9.17, 15) is 18.8 Å². The van der Waals surface area contributed by atoms with Gasteiger partial charge in [0.05, 0.1) is 35.7 Å². The van der Waals surface area contributed by atoms with E-state index in [1.807, 2.05) is 95.4 Å². The number of ether oxygens (including phenoxy) is 4. The zero-order valence-corrected chi connectivity index (χ0v) is 36.8. The van der Waals surface area contributed by atoms with E-state index in [4.69, 9.17) is 18.9 Å². The molecule has 0 saturated carbocycles. The van der Waals surface area contributed by atoms with Crippen molar-refractivity contribution in [1.82, 2.24) is 9.88 Å². The molecule has 2 N–H and O–H groups in total. The Morgan fingerprint density at radius 3 is 1.72 bits per heavy atom. The Bertz CT molecular complexity index is 2030. The first-order chi connectivity index (χ1) is 28.4. The number of anilines is 1. The summed E-state index contributed by atoms with van der Waals surface area (Å²) in [4.78, 5) is 37.3. The summed E-state index contributed by atoms with van der Waals surface area (Å²) in [7, 11) is 1.93. The van der Waals surface area contributed by atoms with Crippen molar-refractivity contribution in [3.05, 3.63) is 102 Å². The maximum absolute atomic E-state index is 14.3. The number of carbonyl (C=O) groups is 3. The van der Waals surface area contributed by atoms with Gasteiger partial charge < -0.3 is 34.1 Å². The molecule has 2 saturated heterocycles. The normalized spacial score (nSPS) is 20.9. The zero-order valence-electron chi connectivity index (χ0n) is 36.8. The van der Waals surface area contributed by atoms with Crippen LogP contribution in [0.3, 0.4) is 0 Å². The Hall–Kier alpha value is -4.52. The van der Waals surface area contributed by atoms with Gasteiger partial charge in [0.1, 0.15) is 17.4 Å². The van der Waals surface area contributed by atoms with Crippen LogP contribution < -0.4 is 10.6 Å². The number of carbonyl (C=O) groups excluding carboxylic acids is 3. The van der Waals surface area contributed by atoms with Crippen LogP contribution in [0.1, 0.15) is 116 Å². The standard InChI is InChI=1S/C37H41FN2O4.C12H23NO3/c1-24(2)34-33(36(42)39-29-14-10-7-11-15-29)32(26-12-8-6-9-13-26)35(27-16-18-28(38)19-17-27)40(34)21-20-30-23-31(22-25(3)41)44-37(4,5)43-30;1-9(14)7-11-8-10(5-6-13-4)15-12(2,3)16-11/h6-19,24,30-31H,20-23H2,1-5H3,(H,39,42);10-11,13H,5-8H2,1-4H3/t30-,31+;10-,11+/m11/s1. The number of nitrogens with zero attached hydrogens (tertiary/aromatic N) is 1. The van der Waals surface area contributed by atoms with Crippen LogP contribution in [0.5, 0.6) is 0 Å². The van der Waals surface area contributed by atoms with E-state index in [-0.39, 0.29) is 53.6 Å². The maximum Gasteiger partial charge on any atom is 0.258 e. The minimum absolute atomic E-state index is 0.00288. The number of nitrogens with one attached hydrogen (secondary N) is 2. The number of hydrogen-bond donors (Lipinski definition) is 2. The Balaban J connectivity index is 0.000000359. The number of aromatic nitrogens is 1. The highest BCUT2D eigenvalue weighted by Gasteiger charge is 2.38. The fraction of sp³-hybridized carbons (Fsp3) is 0.490. The number of ketones is 2. The molecule has 2 aliphatic heterocycles. The molecular weight excluding hydrogens is 762 g/mol. The summed E-state index contributed by atoms with van der Waals surface area (Å²) >= 11 is 0. The Labute approximate surface area is 355 Å². The lowest BCUT2D eigenvalue weighted by Crippen LogP contribution is -2.45. The summed E-state index contributed by atoms with van der Waals surface area (Å²) in [5, 5.41) is 6.23. The Morgan fingerprint density at radius 1 is 0.717 bits per heavy atom. The molecule has 4 atom stereocenters. The SMILES string of the molecule is CC(=O)C[C@H]1C[C@@H](CCn2c(-c3ccc(F)cc3)c(-c3ccccc3)c(C(=O)Nc3ccccc3)c2C(C)C)OC(C)(C)O1.CNCC[C@@H]1C[C@H](CC(C)=O)OC(C)(C)O1. The van der Waals surface area contributed by atoms with Gasteiger partial charge in [0.15, 0.2) is 11.6 Å². The first-order valence-electron chi connectivity index (χ1n) is 21.2. The van der Waals surface area contributed by atoms with Gasteiger partial charge in [0.25, 0.3) is 5.91 Å².